The predicted octanol–water partition coefficient (Wildman–Crippen LogP) is 6.67. The van der Waals surface area contributed by atoms with Gasteiger partial charge in [-0.1, -0.05) is 24.3 Å². The van der Waals surface area contributed by atoms with Crippen LogP contribution in [0.2, 0.25) is 0 Å². The Labute approximate surface area is 244 Å². The van der Waals surface area contributed by atoms with E-state index < -0.39 is 5.97 Å². The molecule has 0 N–H and O–H groups in total. The van der Waals surface area contributed by atoms with E-state index in [-0.39, 0.29) is 11.4 Å². The molecule has 0 amide bonds. The van der Waals surface area contributed by atoms with E-state index in [1.807, 2.05) is 11.9 Å². The summed E-state index contributed by atoms with van der Waals surface area (Å²) in [6.07, 6.45) is 5.07. The molecule has 218 valence electrons. The second-order valence-corrected chi connectivity index (χ2v) is 12.4. The Kier molecular flexibility index (Phi) is 8.45. The zero-order valence-corrected chi connectivity index (χ0v) is 25.4. The van der Waals surface area contributed by atoms with E-state index in [1.165, 1.54) is 36.1 Å². The number of aryl methyl sites for hydroxylation is 1. The number of nitrogens with zero attached hydrogens (tertiary/aromatic N) is 5. The molecule has 3 aromatic heterocycles. The molecule has 0 bridgehead atoms. The number of aromatic nitrogens is 3. The first-order valence-electron chi connectivity index (χ1n) is 14.0. The highest BCUT2D eigenvalue weighted by molar-refractivity contribution is 7.18. The number of hydrogen-bond donors (Lipinski definition) is 0. The van der Waals surface area contributed by atoms with Crippen molar-refractivity contribution in [3.63, 3.8) is 0 Å². The van der Waals surface area contributed by atoms with E-state index in [0.717, 1.165) is 49.5 Å². The molecule has 0 radical (unpaired) electrons. The molecule has 0 saturated carbocycles. The maximum atomic E-state index is 13.6. The third-order valence-electron chi connectivity index (χ3n) is 7.47. The lowest BCUT2D eigenvalue weighted by Crippen LogP contribution is -2.37. The third-order valence-corrected chi connectivity index (χ3v) is 8.58. The number of thiazole rings is 1. The average molecular weight is 580 g/mol. The van der Waals surface area contributed by atoms with Crippen molar-refractivity contribution in [2.75, 3.05) is 38.9 Å². The lowest BCUT2D eigenvalue weighted by atomic mass is 9.90. The highest BCUT2D eigenvalue weighted by atomic mass is 32.1. The van der Waals surface area contributed by atoms with Gasteiger partial charge < -0.3 is 14.4 Å². The zero-order valence-electron chi connectivity index (χ0n) is 24.6. The molecule has 4 aromatic rings. The first kappa shape index (κ1) is 29.2. The first-order valence-corrected chi connectivity index (χ1v) is 14.9. The molecule has 0 unspecified atom stereocenters. The van der Waals surface area contributed by atoms with Crippen LogP contribution in [-0.4, -0.2) is 64.8 Å². The fourth-order valence-corrected chi connectivity index (χ4v) is 6.16. The second kappa shape index (κ2) is 11.9. The fraction of sp³-hybridized carbons (Fsp3) is 0.452. The average Bonchev–Trinajstić information content (AvgIpc) is 3.57. The maximum Gasteiger partial charge on any atom is 0.350 e. The van der Waals surface area contributed by atoms with Crippen LogP contribution in [0.1, 0.15) is 67.4 Å². The number of anilines is 2. The number of halogens is 1. The van der Waals surface area contributed by atoms with Crippen LogP contribution >= 0.6 is 11.3 Å². The Morgan fingerprint density at radius 3 is 2.46 bits per heavy atom. The summed E-state index contributed by atoms with van der Waals surface area (Å²) in [7, 11) is 3.29. The van der Waals surface area contributed by atoms with Gasteiger partial charge >= 0.3 is 5.97 Å². The molecular formula is C31H38FN5O3S. The Balaban J connectivity index is 1.45. The van der Waals surface area contributed by atoms with Crippen LogP contribution < -0.4 is 4.90 Å². The Hall–Kier alpha value is -3.34. The largest absolute Gasteiger partial charge is 0.465 e. The standard InChI is InChI=1S/C31H38FN5O3S/c1-7-24-28(35(5)30-34-26(27(41-30)29(38)39-6)21-8-11-23(32)12-9-21)37-18-22(10-13-25(37)33-24)20-14-16-36(17-15-20)19-40-31(2,3)4/h8-13,18,20H,7,14-17,19H2,1-6H3. The van der Waals surface area contributed by atoms with Crippen molar-refractivity contribution >= 4 is 33.9 Å². The lowest BCUT2D eigenvalue weighted by Gasteiger charge is -2.34. The Morgan fingerprint density at radius 2 is 1.83 bits per heavy atom. The van der Waals surface area contributed by atoms with E-state index in [1.54, 1.807) is 12.1 Å². The number of methoxy groups -OCH3 is 1. The predicted molar refractivity (Wildman–Crippen MR) is 161 cm³/mol. The number of hydrogen-bond acceptors (Lipinski definition) is 8. The number of likely N-dealkylation sites (tertiary alicyclic amines) is 1. The molecule has 41 heavy (non-hydrogen) atoms. The second-order valence-electron chi connectivity index (χ2n) is 11.4. The number of rotatable bonds is 8. The monoisotopic (exact) mass is 579 g/mol. The lowest BCUT2D eigenvalue weighted by molar-refractivity contribution is -0.0689. The third kappa shape index (κ3) is 6.29. The first-order chi connectivity index (χ1) is 19.6. The number of fused-ring (bicyclic) bond motifs is 1. The molecule has 0 aliphatic carbocycles. The number of carbonyl (C=O) groups excluding carboxylic acids is 1. The Bertz CT molecular complexity index is 1520. The minimum absolute atomic E-state index is 0.141. The zero-order chi connectivity index (χ0) is 29.3. The molecule has 8 nitrogen and oxygen atoms in total. The molecule has 1 fully saturated rings. The minimum Gasteiger partial charge on any atom is -0.465 e. The molecule has 4 heterocycles. The molecule has 1 saturated heterocycles. The summed E-state index contributed by atoms with van der Waals surface area (Å²) < 4.78 is 26.8. The number of carbonyl (C=O) groups is 1. The number of imidazole rings is 1. The molecule has 0 spiro atoms. The van der Waals surface area contributed by atoms with Crippen molar-refractivity contribution < 1.29 is 18.7 Å². The van der Waals surface area contributed by atoms with E-state index in [2.05, 4.69) is 55.3 Å². The van der Waals surface area contributed by atoms with Gasteiger partial charge in [0.1, 0.15) is 22.2 Å². The van der Waals surface area contributed by atoms with Crippen molar-refractivity contribution in [1.29, 1.82) is 0 Å². The number of ether oxygens (including phenoxy) is 2. The molecule has 1 aliphatic rings. The van der Waals surface area contributed by atoms with Crippen LogP contribution in [0.3, 0.4) is 0 Å². The molecule has 1 aromatic carbocycles. The number of benzene rings is 1. The number of pyridine rings is 1. The van der Waals surface area contributed by atoms with Gasteiger partial charge in [0.25, 0.3) is 0 Å². The van der Waals surface area contributed by atoms with Gasteiger partial charge in [-0.3, -0.25) is 9.30 Å². The van der Waals surface area contributed by atoms with Crippen molar-refractivity contribution in [2.45, 2.75) is 58.5 Å². The topological polar surface area (TPSA) is 72.2 Å². The Morgan fingerprint density at radius 1 is 1.12 bits per heavy atom. The van der Waals surface area contributed by atoms with Crippen LogP contribution in [0, 0.1) is 5.82 Å². The SMILES string of the molecule is CCc1nc2ccc(C3CCN(COC(C)(C)C)CC3)cn2c1N(C)c1nc(-c2ccc(F)cc2)c(C(=O)OC)s1. The highest BCUT2D eigenvalue weighted by Crippen LogP contribution is 2.38. The highest BCUT2D eigenvalue weighted by Gasteiger charge is 2.27. The van der Waals surface area contributed by atoms with Crippen LogP contribution in [0.4, 0.5) is 15.3 Å². The summed E-state index contributed by atoms with van der Waals surface area (Å²) in [5, 5.41) is 0.624. The number of esters is 1. The number of piperidine rings is 1. The maximum absolute atomic E-state index is 13.6. The normalized spacial score (nSPS) is 15.0. The van der Waals surface area contributed by atoms with Gasteiger partial charge in [0.15, 0.2) is 5.13 Å². The molecule has 5 rings (SSSR count). The summed E-state index contributed by atoms with van der Waals surface area (Å²) in [4.78, 5) is 27.2. The van der Waals surface area contributed by atoms with E-state index in [9.17, 15) is 9.18 Å². The van der Waals surface area contributed by atoms with Gasteiger partial charge in [-0.25, -0.2) is 19.2 Å². The summed E-state index contributed by atoms with van der Waals surface area (Å²) in [5.41, 5.74) is 4.07. The smallest absolute Gasteiger partial charge is 0.350 e. The molecule has 1 aliphatic heterocycles. The van der Waals surface area contributed by atoms with E-state index >= 15 is 0 Å². The summed E-state index contributed by atoms with van der Waals surface area (Å²) in [6.45, 7) is 11.0. The van der Waals surface area contributed by atoms with Crippen LogP contribution in [0.5, 0.6) is 0 Å². The van der Waals surface area contributed by atoms with Gasteiger partial charge in [0.2, 0.25) is 0 Å². The van der Waals surface area contributed by atoms with Crippen LogP contribution in [0.15, 0.2) is 42.6 Å². The molecular weight excluding hydrogens is 541 g/mol. The van der Waals surface area contributed by atoms with Crippen molar-refractivity contribution in [2.24, 2.45) is 0 Å². The van der Waals surface area contributed by atoms with Crippen molar-refractivity contribution in [3.8, 4) is 11.3 Å². The van der Waals surface area contributed by atoms with Gasteiger partial charge in [0, 0.05) is 31.9 Å². The summed E-state index contributed by atoms with van der Waals surface area (Å²) >= 11 is 1.25. The van der Waals surface area contributed by atoms with Crippen LogP contribution in [0.25, 0.3) is 16.9 Å². The van der Waals surface area contributed by atoms with Gasteiger partial charge in [-0.05, 0) is 81.8 Å². The summed E-state index contributed by atoms with van der Waals surface area (Å²) in [6, 6.07) is 10.3. The van der Waals surface area contributed by atoms with Crippen LogP contribution in [-0.2, 0) is 15.9 Å². The van der Waals surface area contributed by atoms with Gasteiger partial charge in [0.05, 0.1) is 30.8 Å². The summed E-state index contributed by atoms with van der Waals surface area (Å²) in [5.74, 6) is 0.541. The van der Waals surface area contributed by atoms with E-state index in [4.69, 9.17) is 19.4 Å². The fourth-order valence-electron chi connectivity index (χ4n) is 5.19. The minimum atomic E-state index is -0.475. The quantitative estimate of drug-likeness (QED) is 0.216. The van der Waals surface area contributed by atoms with Crippen molar-refractivity contribution in [3.05, 3.63) is 64.5 Å². The molecule has 0 atom stereocenters. The van der Waals surface area contributed by atoms with E-state index in [0.29, 0.717) is 33.9 Å². The van der Waals surface area contributed by atoms with Gasteiger partial charge in [-0.2, -0.15) is 0 Å². The van der Waals surface area contributed by atoms with Gasteiger partial charge in [-0.15, -0.1) is 0 Å². The van der Waals surface area contributed by atoms with Crippen molar-refractivity contribution in [1.82, 2.24) is 19.3 Å². The molecule has 10 heteroatoms.